The zero-order valence-corrected chi connectivity index (χ0v) is 14.3. The molecule has 0 spiro atoms. The van der Waals surface area contributed by atoms with Crippen LogP contribution in [0.1, 0.15) is 22.3 Å². The molecule has 3 rings (SSSR count). The summed E-state index contributed by atoms with van der Waals surface area (Å²) in [5.41, 5.74) is -1.04. The van der Waals surface area contributed by atoms with E-state index in [0.717, 1.165) is 6.07 Å². The first kappa shape index (κ1) is 18.3. The molecule has 0 unspecified atom stereocenters. The van der Waals surface area contributed by atoms with Crippen LogP contribution in [0.15, 0.2) is 78.9 Å². The minimum Gasteiger partial charge on any atom is -0.458 e. The Hall–Kier alpha value is -3.49. The lowest BCUT2D eigenvalue weighted by Gasteiger charge is -2.27. The molecule has 0 aliphatic rings. The van der Waals surface area contributed by atoms with Crippen molar-refractivity contribution in [1.82, 2.24) is 0 Å². The summed E-state index contributed by atoms with van der Waals surface area (Å²) in [6, 6.07) is 22.5. The van der Waals surface area contributed by atoms with Crippen LogP contribution in [0.2, 0.25) is 0 Å². The van der Waals surface area contributed by atoms with E-state index >= 15 is 0 Å². The van der Waals surface area contributed by atoms with Gasteiger partial charge in [-0.1, -0.05) is 60.7 Å². The summed E-state index contributed by atoms with van der Waals surface area (Å²) < 4.78 is 19.2. The fourth-order valence-electron chi connectivity index (χ4n) is 2.76. The van der Waals surface area contributed by atoms with Gasteiger partial charge in [0.1, 0.15) is 12.4 Å². The van der Waals surface area contributed by atoms with Crippen LogP contribution in [0, 0.1) is 17.1 Å². The normalized spacial score (nSPS) is 10.9. The third-order valence-corrected chi connectivity index (χ3v) is 4.21. The molecule has 0 saturated carbocycles. The predicted octanol–water partition coefficient (Wildman–Crippen LogP) is 3.68. The molecule has 134 valence electrons. The molecular weight excluding hydrogens is 345 g/mol. The molecule has 0 heterocycles. The lowest BCUT2D eigenvalue weighted by Crippen LogP contribution is -2.38. The van der Waals surface area contributed by atoms with Crippen molar-refractivity contribution in [3.63, 3.8) is 0 Å². The smallest absolute Gasteiger partial charge is 0.348 e. The summed E-state index contributed by atoms with van der Waals surface area (Å²) in [4.78, 5) is 12.8. The minimum absolute atomic E-state index is 0.0610. The van der Waals surface area contributed by atoms with Crippen LogP contribution in [0.25, 0.3) is 0 Å². The van der Waals surface area contributed by atoms with Crippen molar-refractivity contribution in [2.24, 2.45) is 0 Å². The molecular formula is C22H16FNO3. The molecule has 0 atom stereocenters. The quantitative estimate of drug-likeness (QED) is 0.704. The van der Waals surface area contributed by atoms with Crippen LogP contribution in [-0.2, 0) is 21.7 Å². The largest absolute Gasteiger partial charge is 0.458 e. The summed E-state index contributed by atoms with van der Waals surface area (Å²) in [5.74, 6) is -1.52. The molecule has 0 aromatic heterocycles. The highest BCUT2D eigenvalue weighted by Crippen LogP contribution is 2.31. The average molecular weight is 361 g/mol. The Balaban J connectivity index is 1.92. The van der Waals surface area contributed by atoms with Gasteiger partial charge in [0.2, 0.25) is 5.60 Å². The number of benzene rings is 3. The van der Waals surface area contributed by atoms with Crippen LogP contribution < -0.4 is 0 Å². The number of hydrogen-bond donors (Lipinski definition) is 1. The molecule has 0 radical (unpaired) electrons. The van der Waals surface area contributed by atoms with Crippen molar-refractivity contribution in [3.05, 3.63) is 107 Å². The molecule has 0 saturated heterocycles. The van der Waals surface area contributed by atoms with E-state index in [1.165, 1.54) is 12.1 Å². The number of rotatable bonds is 5. The highest BCUT2D eigenvalue weighted by atomic mass is 19.1. The standard InChI is InChI=1S/C22H16FNO3/c23-20-12-11-16(14-24)13-17(20)15-27-21(25)22(26,18-7-3-1-4-8-18)19-9-5-2-6-10-19/h1-13,26H,15H2. The van der Waals surface area contributed by atoms with Gasteiger partial charge < -0.3 is 9.84 Å². The maximum Gasteiger partial charge on any atom is 0.348 e. The molecule has 0 bridgehead atoms. The van der Waals surface area contributed by atoms with Gasteiger partial charge in [0.25, 0.3) is 0 Å². The molecule has 3 aromatic rings. The molecule has 3 aromatic carbocycles. The SMILES string of the molecule is N#Cc1ccc(F)c(COC(=O)C(O)(c2ccccc2)c2ccccc2)c1. The Labute approximate surface area is 156 Å². The summed E-state index contributed by atoms with van der Waals surface area (Å²) >= 11 is 0. The van der Waals surface area contributed by atoms with Crippen molar-refractivity contribution < 1.29 is 19.0 Å². The average Bonchev–Trinajstić information content (AvgIpc) is 2.73. The Kier molecular flexibility index (Phi) is 5.30. The lowest BCUT2D eigenvalue weighted by molar-refractivity contribution is -0.163. The van der Waals surface area contributed by atoms with Gasteiger partial charge in [0.15, 0.2) is 0 Å². The van der Waals surface area contributed by atoms with E-state index in [4.69, 9.17) is 10.00 Å². The number of esters is 1. The zero-order chi connectivity index (χ0) is 19.3. The maximum absolute atomic E-state index is 13.9. The van der Waals surface area contributed by atoms with Crippen LogP contribution in [0.4, 0.5) is 4.39 Å². The molecule has 5 heteroatoms. The topological polar surface area (TPSA) is 70.3 Å². The van der Waals surface area contributed by atoms with Crippen molar-refractivity contribution in [1.29, 1.82) is 5.26 Å². The van der Waals surface area contributed by atoms with Gasteiger partial charge in [-0.05, 0) is 29.3 Å². The van der Waals surface area contributed by atoms with E-state index in [1.807, 2.05) is 6.07 Å². The fraction of sp³-hybridized carbons (Fsp3) is 0.0909. The first-order valence-corrected chi connectivity index (χ1v) is 8.25. The molecule has 0 aliphatic carbocycles. The number of nitrogens with zero attached hydrogens (tertiary/aromatic N) is 1. The third-order valence-electron chi connectivity index (χ3n) is 4.21. The molecule has 4 nitrogen and oxygen atoms in total. The number of carbonyl (C=O) groups excluding carboxylic acids is 1. The number of carbonyl (C=O) groups is 1. The highest BCUT2D eigenvalue weighted by Gasteiger charge is 2.41. The number of nitriles is 1. The van der Waals surface area contributed by atoms with Gasteiger partial charge in [0, 0.05) is 5.56 Å². The van der Waals surface area contributed by atoms with Crippen LogP contribution in [0.3, 0.4) is 0 Å². The van der Waals surface area contributed by atoms with E-state index in [1.54, 1.807) is 60.7 Å². The molecule has 1 N–H and O–H groups in total. The van der Waals surface area contributed by atoms with Gasteiger partial charge in [-0.2, -0.15) is 5.26 Å². The molecule has 0 aliphatic heterocycles. The van der Waals surface area contributed by atoms with E-state index < -0.39 is 24.0 Å². The van der Waals surface area contributed by atoms with Crippen LogP contribution in [0.5, 0.6) is 0 Å². The Bertz CT molecular complexity index is 942. The van der Waals surface area contributed by atoms with Crippen molar-refractivity contribution in [3.8, 4) is 6.07 Å². The van der Waals surface area contributed by atoms with Crippen molar-refractivity contribution >= 4 is 5.97 Å². The number of halogens is 1. The first-order valence-electron chi connectivity index (χ1n) is 8.25. The summed E-state index contributed by atoms with van der Waals surface area (Å²) in [6.07, 6.45) is 0. The lowest BCUT2D eigenvalue weighted by atomic mass is 9.86. The van der Waals surface area contributed by atoms with Gasteiger partial charge in [-0.25, -0.2) is 9.18 Å². The maximum atomic E-state index is 13.9. The Morgan fingerprint density at radius 2 is 1.56 bits per heavy atom. The second kappa shape index (κ2) is 7.81. The molecule has 0 amide bonds. The summed E-state index contributed by atoms with van der Waals surface area (Å²) in [6.45, 7) is -0.401. The van der Waals surface area contributed by atoms with E-state index in [-0.39, 0.29) is 11.1 Å². The number of ether oxygens (including phenoxy) is 1. The van der Waals surface area contributed by atoms with E-state index in [2.05, 4.69) is 0 Å². The second-order valence-electron chi connectivity index (χ2n) is 5.94. The zero-order valence-electron chi connectivity index (χ0n) is 14.3. The van der Waals surface area contributed by atoms with Gasteiger partial charge >= 0.3 is 5.97 Å². The Morgan fingerprint density at radius 3 is 2.07 bits per heavy atom. The Morgan fingerprint density at radius 1 is 1.00 bits per heavy atom. The van der Waals surface area contributed by atoms with Gasteiger partial charge in [0.05, 0.1) is 11.6 Å². The monoisotopic (exact) mass is 361 g/mol. The summed E-state index contributed by atoms with van der Waals surface area (Å²) in [5, 5.41) is 20.2. The van der Waals surface area contributed by atoms with E-state index in [9.17, 15) is 14.3 Å². The molecule has 0 fully saturated rings. The van der Waals surface area contributed by atoms with Gasteiger partial charge in [-0.15, -0.1) is 0 Å². The van der Waals surface area contributed by atoms with Crippen molar-refractivity contribution in [2.45, 2.75) is 12.2 Å². The van der Waals surface area contributed by atoms with Crippen LogP contribution in [-0.4, -0.2) is 11.1 Å². The fourth-order valence-corrected chi connectivity index (χ4v) is 2.76. The third kappa shape index (κ3) is 3.71. The number of hydrogen-bond acceptors (Lipinski definition) is 4. The minimum atomic E-state index is -2.04. The second-order valence-corrected chi connectivity index (χ2v) is 5.94. The highest BCUT2D eigenvalue weighted by molar-refractivity contribution is 5.85. The van der Waals surface area contributed by atoms with Gasteiger partial charge in [-0.3, -0.25) is 0 Å². The van der Waals surface area contributed by atoms with Crippen LogP contribution >= 0.6 is 0 Å². The molecule has 27 heavy (non-hydrogen) atoms. The summed E-state index contributed by atoms with van der Waals surface area (Å²) in [7, 11) is 0. The first-order chi connectivity index (χ1) is 13.1. The van der Waals surface area contributed by atoms with Crippen molar-refractivity contribution in [2.75, 3.05) is 0 Å². The number of aliphatic hydroxyl groups is 1. The predicted molar refractivity (Wildman–Crippen MR) is 96.8 cm³/mol. The van der Waals surface area contributed by atoms with E-state index in [0.29, 0.717) is 11.1 Å².